The van der Waals surface area contributed by atoms with Gasteiger partial charge < -0.3 is 10.3 Å². The second kappa shape index (κ2) is 5.46. The quantitative estimate of drug-likeness (QED) is 0.806. The molecule has 0 saturated heterocycles. The minimum atomic E-state index is 0. The lowest BCUT2D eigenvalue weighted by Gasteiger charge is -2.02. The molecule has 0 saturated carbocycles. The van der Waals surface area contributed by atoms with Crippen LogP contribution in [-0.4, -0.2) is 26.5 Å². The predicted octanol–water partition coefficient (Wildman–Crippen LogP) is 2.15. The molecule has 86 valence electrons. The fourth-order valence-electron chi connectivity index (χ4n) is 1.25. The van der Waals surface area contributed by atoms with Gasteiger partial charge in [0, 0.05) is 6.54 Å². The van der Waals surface area contributed by atoms with Gasteiger partial charge >= 0.3 is 0 Å². The third-order valence-electron chi connectivity index (χ3n) is 2.00. The van der Waals surface area contributed by atoms with Crippen molar-refractivity contribution in [2.24, 2.45) is 0 Å². The van der Waals surface area contributed by atoms with Crippen LogP contribution in [-0.2, 0) is 0 Å². The number of H-pyrrole nitrogens is 1. The van der Waals surface area contributed by atoms with Gasteiger partial charge in [0.15, 0.2) is 11.5 Å². The first kappa shape index (κ1) is 12.4. The summed E-state index contributed by atoms with van der Waals surface area (Å²) in [6, 6.07) is 0. The predicted molar refractivity (Wildman–Crippen MR) is 66.9 cm³/mol. The molecule has 0 bridgehead atoms. The van der Waals surface area contributed by atoms with Crippen molar-refractivity contribution < 1.29 is 0 Å². The molecule has 0 aliphatic rings. The number of allylic oxidation sites excluding steroid dienone is 1. The van der Waals surface area contributed by atoms with Crippen LogP contribution in [0.3, 0.4) is 0 Å². The molecule has 0 aliphatic heterocycles. The highest BCUT2D eigenvalue weighted by Crippen LogP contribution is 2.13. The van der Waals surface area contributed by atoms with E-state index in [1.165, 1.54) is 11.9 Å². The molecule has 0 radical (unpaired) electrons. The first-order valence-corrected chi connectivity index (χ1v) is 4.78. The van der Waals surface area contributed by atoms with Crippen molar-refractivity contribution >= 4 is 29.4 Å². The molecular formula is C10H14ClN5. The first-order chi connectivity index (χ1) is 7.27. The van der Waals surface area contributed by atoms with Crippen molar-refractivity contribution in [2.75, 3.05) is 11.9 Å². The molecule has 6 heteroatoms. The van der Waals surface area contributed by atoms with Gasteiger partial charge in [0.1, 0.15) is 11.8 Å². The van der Waals surface area contributed by atoms with E-state index in [2.05, 4.69) is 45.2 Å². The third kappa shape index (κ3) is 2.70. The lowest BCUT2D eigenvalue weighted by atomic mass is 10.3. The number of aromatic nitrogens is 4. The van der Waals surface area contributed by atoms with Crippen LogP contribution in [0.2, 0.25) is 0 Å². The molecule has 0 atom stereocenters. The Bertz CT molecular complexity index is 487. The van der Waals surface area contributed by atoms with E-state index in [-0.39, 0.29) is 12.4 Å². The maximum absolute atomic E-state index is 4.15. The second-order valence-corrected chi connectivity index (χ2v) is 3.49. The number of anilines is 1. The molecule has 5 nitrogen and oxygen atoms in total. The van der Waals surface area contributed by atoms with E-state index in [4.69, 9.17) is 0 Å². The number of hydrogen-bond acceptors (Lipinski definition) is 4. The van der Waals surface area contributed by atoms with E-state index in [0.29, 0.717) is 5.65 Å². The summed E-state index contributed by atoms with van der Waals surface area (Å²) in [4.78, 5) is 15.3. The van der Waals surface area contributed by atoms with E-state index in [9.17, 15) is 0 Å². The SMILES string of the molecule is CC(C)=CCNc1ncnc2nc[nH]c12.Cl. The van der Waals surface area contributed by atoms with Gasteiger partial charge in [-0.3, -0.25) is 0 Å². The lowest BCUT2D eigenvalue weighted by molar-refractivity contribution is 1.16. The Kier molecular flexibility index (Phi) is 4.25. The van der Waals surface area contributed by atoms with Gasteiger partial charge in [-0.2, -0.15) is 0 Å². The van der Waals surface area contributed by atoms with E-state index in [0.717, 1.165) is 17.9 Å². The van der Waals surface area contributed by atoms with Gasteiger partial charge in [-0.25, -0.2) is 15.0 Å². The Morgan fingerprint density at radius 3 is 2.94 bits per heavy atom. The summed E-state index contributed by atoms with van der Waals surface area (Å²) in [7, 11) is 0. The second-order valence-electron chi connectivity index (χ2n) is 3.49. The number of imidazole rings is 1. The largest absolute Gasteiger partial charge is 0.365 e. The molecule has 0 aliphatic carbocycles. The van der Waals surface area contributed by atoms with Crippen molar-refractivity contribution in [3.63, 3.8) is 0 Å². The van der Waals surface area contributed by atoms with Crippen LogP contribution in [0, 0.1) is 0 Å². The Balaban J connectivity index is 0.00000128. The van der Waals surface area contributed by atoms with Gasteiger partial charge in [0.05, 0.1) is 6.33 Å². The van der Waals surface area contributed by atoms with E-state index in [1.807, 2.05) is 0 Å². The fourth-order valence-corrected chi connectivity index (χ4v) is 1.25. The summed E-state index contributed by atoms with van der Waals surface area (Å²) < 4.78 is 0. The minimum absolute atomic E-state index is 0. The summed E-state index contributed by atoms with van der Waals surface area (Å²) >= 11 is 0. The number of rotatable bonds is 3. The monoisotopic (exact) mass is 239 g/mol. The molecule has 2 aromatic heterocycles. The van der Waals surface area contributed by atoms with Crippen molar-refractivity contribution in [3.8, 4) is 0 Å². The van der Waals surface area contributed by atoms with Crippen LogP contribution >= 0.6 is 12.4 Å². The molecular weight excluding hydrogens is 226 g/mol. The molecule has 2 N–H and O–H groups in total. The van der Waals surface area contributed by atoms with Crippen LogP contribution in [0.4, 0.5) is 5.82 Å². The van der Waals surface area contributed by atoms with Crippen LogP contribution in [0.1, 0.15) is 13.8 Å². The highest BCUT2D eigenvalue weighted by molar-refractivity contribution is 5.85. The summed E-state index contributed by atoms with van der Waals surface area (Å²) in [5.41, 5.74) is 2.81. The maximum atomic E-state index is 4.15. The molecule has 0 unspecified atom stereocenters. The first-order valence-electron chi connectivity index (χ1n) is 4.78. The topological polar surface area (TPSA) is 66.5 Å². The van der Waals surface area contributed by atoms with Gasteiger partial charge in [-0.05, 0) is 13.8 Å². The molecule has 16 heavy (non-hydrogen) atoms. The molecule has 0 aromatic carbocycles. The Morgan fingerprint density at radius 2 is 2.19 bits per heavy atom. The summed E-state index contributed by atoms with van der Waals surface area (Å²) in [5.74, 6) is 0.787. The number of halogens is 1. The molecule has 2 rings (SSSR count). The summed E-state index contributed by atoms with van der Waals surface area (Å²) in [6.07, 6.45) is 5.23. The summed E-state index contributed by atoms with van der Waals surface area (Å²) in [6.45, 7) is 4.88. The maximum Gasteiger partial charge on any atom is 0.182 e. The zero-order valence-corrected chi connectivity index (χ0v) is 10.0. The molecule has 2 aromatic rings. The highest BCUT2D eigenvalue weighted by Gasteiger charge is 2.03. The third-order valence-corrected chi connectivity index (χ3v) is 2.00. The number of nitrogens with one attached hydrogen (secondary N) is 2. The summed E-state index contributed by atoms with van der Waals surface area (Å²) in [5, 5.41) is 3.21. The van der Waals surface area contributed by atoms with Crippen LogP contribution in [0.5, 0.6) is 0 Å². The minimum Gasteiger partial charge on any atom is -0.365 e. The van der Waals surface area contributed by atoms with E-state index >= 15 is 0 Å². The Morgan fingerprint density at radius 1 is 1.38 bits per heavy atom. The van der Waals surface area contributed by atoms with Crippen LogP contribution in [0.15, 0.2) is 24.3 Å². The van der Waals surface area contributed by atoms with Crippen molar-refractivity contribution in [2.45, 2.75) is 13.8 Å². The zero-order valence-electron chi connectivity index (χ0n) is 9.19. The van der Waals surface area contributed by atoms with Gasteiger partial charge in [-0.1, -0.05) is 11.6 Å². The Hall–Kier alpha value is -1.62. The van der Waals surface area contributed by atoms with Gasteiger partial charge in [0.2, 0.25) is 0 Å². The average Bonchev–Trinajstić information content (AvgIpc) is 2.65. The van der Waals surface area contributed by atoms with E-state index < -0.39 is 0 Å². The molecule has 2 heterocycles. The van der Waals surface area contributed by atoms with Gasteiger partial charge in [0.25, 0.3) is 0 Å². The Labute approximate surface area is 99.8 Å². The van der Waals surface area contributed by atoms with Crippen molar-refractivity contribution in [3.05, 3.63) is 24.3 Å². The van der Waals surface area contributed by atoms with Gasteiger partial charge in [-0.15, -0.1) is 12.4 Å². The van der Waals surface area contributed by atoms with Crippen LogP contribution < -0.4 is 5.32 Å². The van der Waals surface area contributed by atoms with Crippen molar-refractivity contribution in [1.29, 1.82) is 0 Å². The number of hydrogen-bond donors (Lipinski definition) is 2. The lowest BCUT2D eigenvalue weighted by Crippen LogP contribution is -2.02. The normalized spacial score (nSPS) is 9.62. The fraction of sp³-hybridized carbons (Fsp3) is 0.300. The molecule has 0 amide bonds. The smallest absolute Gasteiger partial charge is 0.182 e. The van der Waals surface area contributed by atoms with E-state index in [1.54, 1.807) is 6.33 Å². The van der Waals surface area contributed by atoms with Crippen molar-refractivity contribution in [1.82, 2.24) is 19.9 Å². The molecule has 0 spiro atoms. The number of nitrogens with zero attached hydrogens (tertiary/aromatic N) is 3. The zero-order chi connectivity index (χ0) is 10.7. The standard InChI is InChI=1S/C10H13N5.ClH/c1-7(2)3-4-11-9-8-10(13-5-12-8)15-6-14-9;/h3,5-6H,4H2,1-2H3,(H2,11,12,13,14,15);1H. The van der Waals surface area contributed by atoms with Crippen LogP contribution in [0.25, 0.3) is 11.2 Å². The highest BCUT2D eigenvalue weighted by atomic mass is 35.5. The number of fused-ring (bicyclic) bond motifs is 1. The molecule has 0 fully saturated rings. The average molecular weight is 240 g/mol. The number of aromatic amines is 1.